The molecule has 19 heavy (non-hydrogen) atoms. The number of rotatable bonds is 6. The van der Waals surface area contributed by atoms with Crippen LogP contribution in [0.5, 0.6) is 0 Å². The Balaban J connectivity index is 1.70. The van der Waals surface area contributed by atoms with Crippen LogP contribution in [-0.2, 0) is 9.53 Å². The smallest absolute Gasteiger partial charge is 0.223 e. The summed E-state index contributed by atoms with van der Waals surface area (Å²) in [6.45, 7) is 2.95. The molecule has 0 aromatic heterocycles. The Labute approximate surface area is 116 Å². The number of ether oxygens (including phenoxy) is 1. The first kappa shape index (κ1) is 14.8. The normalized spacial score (nSPS) is 24.9. The lowest BCUT2D eigenvalue weighted by atomic mass is 10.00. The topological polar surface area (TPSA) is 41.6 Å². The van der Waals surface area contributed by atoms with Gasteiger partial charge in [0.25, 0.3) is 0 Å². The molecule has 1 aliphatic heterocycles. The largest absolute Gasteiger partial charge is 0.377 e. The van der Waals surface area contributed by atoms with Gasteiger partial charge < -0.3 is 15.0 Å². The summed E-state index contributed by atoms with van der Waals surface area (Å²) in [6.07, 6.45) is 8.58. The lowest BCUT2D eigenvalue weighted by Crippen LogP contribution is -2.52. The van der Waals surface area contributed by atoms with Crippen molar-refractivity contribution in [1.82, 2.24) is 10.2 Å². The highest BCUT2D eigenvalue weighted by Crippen LogP contribution is 2.29. The second-order valence-corrected chi connectivity index (χ2v) is 5.92. The van der Waals surface area contributed by atoms with Crippen molar-refractivity contribution in [3.63, 3.8) is 0 Å². The van der Waals surface area contributed by atoms with E-state index < -0.39 is 0 Å². The fourth-order valence-corrected chi connectivity index (χ4v) is 3.37. The molecule has 0 aromatic carbocycles. The van der Waals surface area contributed by atoms with Crippen molar-refractivity contribution >= 4 is 5.91 Å². The van der Waals surface area contributed by atoms with Gasteiger partial charge in [0.2, 0.25) is 5.91 Å². The second kappa shape index (κ2) is 7.85. The van der Waals surface area contributed by atoms with Gasteiger partial charge in [-0.05, 0) is 25.8 Å². The zero-order valence-electron chi connectivity index (χ0n) is 12.2. The second-order valence-electron chi connectivity index (χ2n) is 5.92. The number of likely N-dealkylation sites (N-methyl/N-ethyl adjacent to an activating group) is 1. The van der Waals surface area contributed by atoms with Crippen molar-refractivity contribution in [2.45, 2.75) is 51.0 Å². The van der Waals surface area contributed by atoms with Gasteiger partial charge in [-0.25, -0.2) is 0 Å². The van der Waals surface area contributed by atoms with Crippen LogP contribution in [-0.4, -0.2) is 50.2 Å². The first-order chi connectivity index (χ1) is 9.31. The third kappa shape index (κ3) is 4.46. The van der Waals surface area contributed by atoms with Crippen molar-refractivity contribution < 1.29 is 9.53 Å². The van der Waals surface area contributed by atoms with Crippen molar-refractivity contribution in [3.8, 4) is 0 Å². The van der Waals surface area contributed by atoms with Crippen molar-refractivity contribution in [2.75, 3.05) is 33.4 Å². The molecule has 110 valence electrons. The predicted molar refractivity (Wildman–Crippen MR) is 76.1 cm³/mol. The van der Waals surface area contributed by atoms with Gasteiger partial charge in [0.05, 0.1) is 19.3 Å². The SMILES string of the molecule is CNCC1COCCN1C(=O)CCCC1CCCC1. The Hall–Kier alpha value is -0.610. The Kier molecular flexibility index (Phi) is 6.11. The van der Waals surface area contributed by atoms with Crippen LogP contribution >= 0.6 is 0 Å². The summed E-state index contributed by atoms with van der Waals surface area (Å²) in [5.41, 5.74) is 0. The number of nitrogens with one attached hydrogen (secondary N) is 1. The molecule has 1 aliphatic carbocycles. The number of hydrogen-bond acceptors (Lipinski definition) is 3. The zero-order chi connectivity index (χ0) is 13.5. The summed E-state index contributed by atoms with van der Waals surface area (Å²) in [7, 11) is 1.93. The lowest BCUT2D eigenvalue weighted by molar-refractivity contribution is -0.139. The van der Waals surface area contributed by atoms with Crippen LogP contribution in [0.4, 0.5) is 0 Å². The molecule has 1 atom stereocenters. The molecule has 1 saturated heterocycles. The van der Waals surface area contributed by atoms with E-state index in [0.717, 1.165) is 31.8 Å². The summed E-state index contributed by atoms with van der Waals surface area (Å²) < 4.78 is 5.47. The quantitative estimate of drug-likeness (QED) is 0.798. The highest BCUT2D eigenvalue weighted by molar-refractivity contribution is 5.76. The van der Waals surface area contributed by atoms with Crippen LogP contribution in [0.2, 0.25) is 0 Å². The monoisotopic (exact) mass is 268 g/mol. The molecule has 1 unspecified atom stereocenters. The summed E-state index contributed by atoms with van der Waals surface area (Å²) in [5.74, 6) is 1.21. The van der Waals surface area contributed by atoms with Gasteiger partial charge in [0, 0.05) is 19.5 Å². The van der Waals surface area contributed by atoms with E-state index in [1.165, 1.54) is 32.1 Å². The summed E-state index contributed by atoms with van der Waals surface area (Å²) in [5, 5.41) is 3.15. The zero-order valence-corrected chi connectivity index (χ0v) is 12.2. The standard InChI is InChI=1S/C15H28N2O2/c1-16-11-14-12-19-10-9-17(14)15(18)8-4-7-13-5-2-3-6-13/h13-14,16H,2-12H2,1H3. The minimum atomic E-state index is 0.220. The van der Waals surface area contributed by atoms with E-state index >= 15 is 0 Å². The maximum absolute atomic E-state index is 12.3. The predicted octanol–water partition coefficient (Wildman–Crippen LogP) is 1.79. The van der Waals surface area contributed by atoms with E-state index in [1.807, 2.05) is 11.9 Å². The van der Waals surface area contributed by atoms with Gasteiger partial charge in [-0.3, -0.25) is 4.79 Å². The molecular weight excluding hydrogens is 240 g/mol. The van der Waals surface area contributed by atoms with E-state index in [4.69, 9.17) is 4.74 Å². The van der Waals surface area contributed by atoms with Crippen LogP contribution in [0.3, 0.4) is 0 Å². The van der Waals surface area contributed by atoms with E-state index in [2.05, 4.69) is 5.32 Å². The van der Waals surface area contributed by atoms with Crippen molar-refractivity contribution in [2.24, 2.45) is 5.92 Å². The van der Waals surface area contributed by atoms with Crippen molar-refractivity contribution in [1.29, 1.82) is 0 Å². The number of hydrogen-bond donors (Lipinski definition) is 1. The molecular formula is C15H28N2O2. The fraction of sp³-hybridized carbons (Fsp3) is 0.933. The highest BCUT2D eigenvalue weighted by atomic mass is 16.5. The fourth-order valence-electron chi connectivity index (χ4n) is 3.37. The van der Waals surface area contributed by atoms with Gasteiger partial charge >= 0.3 is 0 Å². The Morgan fingerprint density at radius 1 is 1.37 bits per heavy atom. The maximum atomic E-state index is 12.3. The third-order valence-electron chi connectivity index (χ3n) is 4.47. The molecule has 2 aliphatic rings. The molecule has 1 heterocycles. The molecule has 0 bridgehead atoms. The number of carbonyl (C=O) groups is 1. The first-order valence-electron chi connectivity index (χ1n) is 7.83. The van der Waals surface area contributed by atoms with Gasteiger partial charge in [-0.15, -0.1) is 0 Å². The number of morpholine rings is 1. The van der Waals surface area contributed by atoms with Crippen LogP contribution in [0.15, 0.2) is 0 Å². The maximum Gasteiger partial charge on any atom is 0.223 e. The number of nitrogens with zero attached hydrogens (tertiary/aromatic N) is 1. The minimum absolute atomic E-state index is 0.220. The summed E-state index contributed by atoms with van der Waals surface area (Å²) in [4.78, 5) is 14.3. The average Bonchev–Trinajstić information content (AvgIpc) is 2.93. The number of carbonyl (C=O) groups excluding carboxylic acids is 1. The van der Waals surface area contributed by atoms with Crippen molar-refractivity contribution in [3.05, 3.63) is 0 Å². The van der Waals surface area contributed by atoms with E-state index in [1.54, 1.807) is 0 Å². The van der Waals surface area contributed by atoms with Gasteiger partial charge in [0.15, 0.2) is 0 Å². The molecule has 0 radical (unpaired) electrons. The molecule has 0 aromatic rings. The molecule has 1 saturated carbocycles. The van der Waals surface area contributed by atoms with E-state index in [9.17, 15) is 4.79 Å². The Morgan fingerprint density at radius 2 is 2.16 bits per heavy atom. The average molecular weight is 268 g/mol. The number of amides is 1. The minimum Gasteiger partial charge on any atom is -0.377 e. The Morgan fingerprint density at radius 3 is 2.89 bits per heavy atom. The first-order valence-corrected chi connectivity index (χ1v) is 7.83. The Bertz CT molecular complexity index is 275. The summed E-state index contributed by atoms with van der Waals surface area (Å²) in [6, 6.07) is 0.220. The van der Waals surface area contributed by atoms with Crippen LogP contribution in [0, 0.1) is 5.92 Å². The van der Waals surface area contributed by atoms with Crippen LogP contribution in [0.1, 0.15) is 44.9 Å². The van der Waals surface area contributed by atoms with Gasteiger partial charge in [-0.1, -0.05) is 25.7 Å². The van der Waals surface area contributed by atoms with E-state index in [-0.39, 0.29) is 6.04 Å². The molecule has 1 amide bonds. The highest BCUT2D eigenvalue weighted by Gasteiger charge is 2.26. The molecule has 4 heteroatoms. The van der Waals surface area contributed by atoms with Gasteiger partial charge in [0.1, 0.15) is 0 Å². The molecule has 2 rings (SSSR count). The van der Waals surface area contributed by atoms with E-state index in [0.29, 0.717) is 19.1 Å². The van der Waals surface area contributed by atoms with Crippen LogP contribution in [0.25, 0.3) is 0 Å². The van der Waals surface area contributed by atoms with Crippen LogP contribution < -0.4 is 5.32 Å². The molecule has 4 nitrogen and oxygen atoms in total. The van der Waals surface area contributed by atoms with Gasteiger partial charge in [-0.2, -0.15) is 0 Å². The molecule has 0 spiro atoms. The molecule has 1 N–H and O–H groups in total. The molecule has 2 fully saturated rings. The third-order valence-corrected chi connectivity index (χ3v) is 4.47. The summed E-state index contributed by atoms with van der Waals surface area (Å²) >= 11 is 0. The lowest BCUT2D eigenvalue weighted by Gasteiger charge is -2.35.